The van der Waals surface area contributed by atoms with E-state index >= 15 is 0 Å². The lowest BCUT2D eigenvalue weighted by Gasteiger charge is -1.94. The van der Waals surface area contributed by atoms with Gasteiger partial charge in [0, 0.05) is 18.2 Å². The predicted octanol–water partition coefficient (Wildman–Crippen LogP) is 2.79. The molecule has 0 radical (unpaired) electrons. The zero-order valence-corrected chi connectivity index (χ0v) is 12.5. The molecule has 0 aliphatic rings. The Bertz CT molecular complexity index is 935. The van der Waals surface area contributed by atoms with E-state index in [1.807, 2.05) is 36.6 Å². The molecule has 0 spiro atoms. The van der Waals surface area contributed by atoms with Gasteiger partial charge in [0.2, 0.25) is 4.96 Å². The number of aromatic nitrogens is 5. The van der Waals surface area contributed by atoms with E-state index in [9.17, 15) is 0 Å². The Balaban J connectivity index is 1.75. The largest absolute Gasteiger partial charge is 0.356 e. The van der Waals surface area contributed by atoms with E-state index in [2.05, 4.69) is 20.5 Å². The van der Waals surface area contributed by atoms with Gasteiger partial charge in [-0.15, -0.1) is 10.2 Å². The van der Waals surface area contributed by atoms with Gasteiger partial charge in [0.15, 0.2) is 11.4 Å². The molecule has 106 valence electrons. The summed E-state index contributed by atoms with van der Waals surface area (Å²) in [6.07, 6.45) is 1.46. The average molecular weight is 299 g/mol. The lowest BCUT2D eigenvalue weighted by molar-refractivity contribution is 0.446. The highest BCUT2D eigenvalue weighted by Gasteiger charge is 2.15. The van der Waals surface area contributed by atoms with E-state index in [-0.39, 0.29) is 0 Å². The summed E-state index contributed by atoms with van der Waals surface area (Å²) in [6, 6.07) is 6.08. The van der Waals surface area contributed by atoms with E-state index in [0.29, 0.717) is 6.42 Å². The van der Waals surface area contributed by atoms with Crippen LogP contribution in [0.5, 0.6) is 0 Å². The normalized spacial score (nSPS) is 11.7. The first kappa shape index (κ1) is 12.5. The van der Waals surface area contributed by atoms with Gasteiger partial charge in [-0.05, 0) is 18.6 Å². The summed E-state index contributed by atoms with van der Waals surface area (Å²) in [5, 5.41) is 19.0. The van der Waals surface area contributed by atoms with Gasteiger partial charge in [0.25, 0.3) is 0 Å². The fourth-order valence-corrected chi connectivity index (χ4v) is 3.27. The van der Waals surface area contributed by atoms with Crippen molar-refractivity contribution in [2.75, 3.05) is 0 Å². The van der Waals surface area contributed by atoms with Crippen LogP contribution in [0.25, 0.3) is 15.9 Å². The van der Waals surface area contributed by atoms with Gasteiger partial charge in [-0.25, -0.2) is 0 Å². The second-order valence-corrected chi connectivity index (χ2v) is 5.96. The minimum Gasteiger partial charge on any atom is -0.356 e. The van der Waals surface area contributed by atoms with Gasteiger partial charge in [0.1, 0.15) is 5.01 Å². The first-order valence-corrected chi connectivity index (χ1v) is 7.61. The van der Waals surface area contributed by atoms with Crippen molar-refractivity contribution >= 4 is 27.3 Å². The van der Waals surface area contributed by atoms with Crippen molar-refractivity contribution in [3.8, 4) is 0 Å². The predicted molar refractivity (Wildman–Crippen MR) is 79.6 cm³/mol. The van der Waals surface area contributed by atoms with E-state index in [1.165, 1.54) is 0 Å². The highest BCUT2D eigenvalue weighted by atomic mass is 32.1. The Labute approximate surface area is 124 Å². The highest BCUT2D eigenvalue weighted by molar-refractivity contribution is 7.16. The molecule has 0 atom stereocenters. The molecule has 0 saturated heterocycles. The third-order valence-corrected chi connectivity index (χ3v) is 4.40. The van der Waals surface area contributed by atoms with Crippen LogP contribution in [0.4, 0.5) is 0 Å². The van der Waals surface area contributed by atoms with Crippen LogP contribution in [0.2, 0.25) is 0 Å². The van der Waals surface area contributed by atoms with Crippen LogP contribution in [0.15, 0.2) is 22.7 Å². The number of para-hydroxylation sites is 1. The summed E-state index contributed by atoms with van der Waals surface area (Å²) in [6.45, 7) is 4.07. The molecule has 0 fully saturated rings. The molecular weight excluding hydrogens is 286 g/mol. The Hall–Kier alpha value is -2.28. The van der Waals surface area contributed by atoms with Crippen LogP contribution in [0.3, 0.4) is 0 Å². The zero-order valence-electron chi connectivity index (χ0n) is 11.7. The summed E-state index contributed by atoms with van der Waals surface area (Å²) in [5.41, 5.74) is 2.86. The van der Waals surface area contributed by atoms with Gasteiger partial charge in [0.05, 0.1) is 5.69 Å². The third kappa shape index (κ3) is 1.92. The number of aryl methyl sites for hydroxylation is 2. The molecule has 4 rings (SSSR count). The molecule has 21 heavy (non-hydrogen) atoms. The second kappa shape index (κ2) is 4.63. The van der Waals surface area contributed by atoms with Crippen LogP contribution in [0, 0.1) is 6.92 Å². The number of hydrogen-bond donors (Lipinski definition) is 0. The van der Waals surface area contributed by atoms with Crippen molar-refractivity contribution in [2.24, 2.45) is 0 Å². The number of fused-ring (bicyclic) bond motifs is 2. The molecule has 0 unspecified atom stereocenters. The molecule has 0 aliphatic heterocycles. The van der Waals surface area contributed by atoms with Gasteiger partial charge in [-0.3, -0.25) is 0 Å². The smallest absolute Gasteiger partial charge is 0.234 e. The fraction of sp³-hybridized carbons (Fsp3) is 0.286. The fourth-order valence-electron chi connectivity index (χ4n) is 2.41. The Kier molecular flexibility index (Phi) is 2.75. The van der Waals surface area contributed by atoms with Gasteiger partial charge in [-0.2, -0.15) is 9.61 Å². The standard InChI is InChI=1S/C14H13N5OS/c1-3-11-15-16-14-19(11)17-12(21-14)7-10-9-6-4-5-8(2)13(9)20-18-10/h4-6H,3,7H2,1-2H3. The zero-order chi connectivity index (χ0) is 14.4. The molecule has 0 aliphatic carbocycles. The molecule has 4 aromatic rings. The molecule has 0 amide bonds. The molecule has 3 aromatic heterocycles. The molecule has 0 bridgehead atoms. The molecule has 6 nitrogen and oxygen atoms in total. The molecule has 1 aromatic carbocycles. The topological polar surface area (TPSA) is 69.1 Å². The maximum atomic E-state index is 5.44. The van der Waals surface area contributed by atoms with Crippen LogP contribution < -0.4 is 0 Å². The lowest BCUT2D eigenvalue weighted by atomic mass is 10.1. The third-order valence-electron chi connectivity index (χ3n) is 3.50. The molecule has 7 heteroatoms. The summed E-state index contributed by atoms with van der Waals surface area (Å²) in [5.74, 6) is 0.883. The van der Waals surface area contributed by atoms with Crippen molar-refractivity contribution in [3.63, 3.8) is 0 Å². The molecule has 3 heterocycles. The second-order valence-electron chi connectivity index (χ2n) is 4.92. The summed E-state index contributed by atoms with van der Waals surface area (Å²) < 4.78 is 7.26. The maximum absolute atomic E-state index is 5.44. The van der Waals surface area contributed by atoms with Gasteiger partial charge < -0.3 is 4.52 Å². The van der Waals surface area contributed by atoms with E-state index < -0.39 is 0 Å². The van der Waals surface area contributed by atoms with Crippen LogP contribution in [0.1, 0.15) is 29.0 Å². The minimum atomic E-state index is 0.646. The quantitative estimate of drug-likeness (QED) is 0.582. The molecular formula is C14H13N5OS. The summed E-state index contributed by atoms with van der Waals surface area (Å²) in [7, 11) is 0. The van der Waals surface area contributed by atoms with Crippen molar-refractivity contribution in [1.82, 2.24) is 25.0 Å². The van der Waals surface area contributed by atoms with Crippen molar-refractivity contribution < 1.29 is 4.52 Å². The Morgan fingerprint density at radius 2 is 2.19 bits per heavy atom. The SMILES string of the molecule is CCc1nnc2sc(Cc3noc4c(C)cccc34)nn12. The summed E-state index contributed by atoms with van der Waals surface area (Å²) >= 11 is 1.54. The van der Waals surface area contributed by atoms with Crippen molar-refractivity contribution in [3.05, 3.63) is 40.3 Å². The average Bonchev–Trinajstić information content (AvgIpc) is 3.14. The van der Waals surface area contributed by atoms with Gasteiger partial charge >= 0.3 is 0 Å². The maximum Gasteiger partial charge on any atom is 0.234 e. The van der Waals surface area contributed by atoms with Crippen molar-refractivity contribution in [1.29, 1.82) is 0 Å². The molecule has 0 saturated carbocycles. The van der Waals surface area contributed by atoms with Crippen LogP contribution in [-0.4, -0.2) is 25.0 Å². The number of nitrogens with zero attached hydrogens (tertiary/aromatic N) is 5. The Morgan fingerprint density at radius 1 is 1.29 bits per heavy atom. The number of rotatable bonds is 3. The van der Waals surface area contributed by atoms with E-state index in [0.717, 1.165) is 44.4 Å². The molecule has 0 N–H and O–H groups in total. The lowest BCUT2D eigenvalue weighted by Crippen LogP contribution is -1.95. The number of hydrogen-bond acceptors (Lipinski definition) is 6. The monoisotopic (exact) mass is 299 g/mol. The van der Waals surface area contributed by atoms with Gasteiger partial charge in [-0.1, -0.05) is 35.5 Å². The summed E-state index contributed by atoms with van der Waals surface area (Å²) in [4.78, 5) is 0.825. The highest BCUT2D eigenvalue weighted by Crippen LogP contribution is 2.25. The number of benzene rings is 1. The van der Waals surface area contributed by atoms with Crippen LogP contribution in [-0.2, 0) is 12.8 Å². The van der Waals surface area contributed by atoms with Crippen molar-refractivity contribution in [2.45, 2.75) is 26.7 Å². The van der Waals surface area contributed by atoms with E-state index in [4.69, 9.17) is 4.52 Å². The van der Waals surface area contributed by atoms with Crippen LogP contribution >= 0.6 is 11.3 Å². The first-order valence-electron chi connectivity index (χ1n) is 6.80. The Morgan fingerprint density at radius 3 is 3.05 bits per heavy atom. The first-order chi connectivity index (χ1) is 10.3. The van der Waals surface area contributed by atoms with E-state index in [1.54, 1.807) is 11.3 Å². The minimum absolute atomic E-state index is 0.646.